The predicted octanol–water partition coefficient (Wildman–Crippen LogP) is 3.10. The molecule has 1 heterocycles. The van der Waals surface area contributed by atoms with Gasteiger partial charge in [0.1, 0.15) is 5.75 Å². The van der Waals surface area contributed by atoms with E-state index in [2.05, 4.69) is 30.0 Å². The number of rotatable bonds is 4. The summed E-state index contributed by atoms with van der Waals surface area (Å²) >= 11 is 0. The molecular formula is C17H26N2O. The Morgan fingerprint density at radius 1 is 1.25 bits per heavy atom. The van der Waals surface area contributed by atoms with Crippen LogP contribution in [0.3, 0.4) is 0 Å². The van der Waals surface area contributed by atoms with Gasteiger partial charge in [-0.3, -0.25) is 0 Å². The van der Waals surface area contributed by atoms with Crippen LogP contribution < -0.4 is 15.4 Å². The molecule has 2 aliphatic rings. The molecule has 0 spiro atoms. The highest BCUT2D eigenvalue weighted by Gasteiger charge is 2.19. The maximum atomic E-state index is 6.07. The van der Waals surface area contributed by atoms with Crippen molar-refractivity contribution in [3.05, 3.63) is 23.8 Å². The van der Waals surface area contributed by atoms with E-state index in [1.165, 1.54) is 36.9 Å². The molecule has 1 saturated carbocycles. The van der Waals surface area contributed by atoms with Gasteiger partial charge >= 0.3 is 0 Å². The van der Waals surface area contributed by atoms with Crippen molar-refractivity contribution in [2.75, 3.05) is 24.6 Å². The molecule has 0 radical (unpaired) electrons. The zero-order chi connectivity index (χ0) is 13.9. The first-order valence-electron chi connectivity index (χ1n) is 7.96. The highest BCUT2D eigenvalue weighted by molar-refractivity contribution is 5.53. The van der Waals surface area contributed by atoms with Gasteiger partial charge in [-0.25, -0.2) is 0 Å². The SMILES string of the molecule is Cc1cc(N2CCCC(N)C2)ccc1OCC1CCC1. The number of nitrogens with two attached hydrogens (primary N) is 1. The number of nitrogens with zero attached hydrogens (tertiary/aromatic N) is 1. The zero-order valence-electron chi connectivity index (χ0n) is 12.5. The van der Waals surface area contributed by atoms with E-state index in [1.807, 2.05) is 0 Å². The van der Waals surface area contributed by atoms with Crippen LogP contribution in [0.2, 0.25) is 0 Å². The third kappa shape index (κ3) is 3.09. The van der Waals surface area contributed by atoms with Crippen molar-refractivity contribution in [3.63, 3.8) is 0 Å². The second kappa shape index (κ2) is 6.04. The molecule has 1 unspecified atom stereocenters. The van der Waals surface area contributed by atoms with Crippen LogP contribution in [0.15, 0.2) is 18.2 Å². The lowest BCUT2D eigenvalue weighted by Gasteiger charge is -2.33. The molecule has 0 aromatic heterocycles. The minimum atomic E-state index is 0.318. The summed E-state index contributed by atoms with van der Waals surface area (Å²) in [5, 5.41) is 0. The summed E-state index contributed by atoms with van der Waals surface area (Å²) in [4.78, 5) is 2.40. The summed E-state index contributed by atoms with van der Waals surface area (Å²) in [6, 6.07) is 6.87. The van der Waals surface area contributed by atoms with E-state index >= 15 is 0 Å². The third-order valence-electron chi connectivity index (χ3n) is 4.68. The van der Waals surface area contributed by atoms with Crippen LogP contribution in [0.5, 0.6) is 5.75 Å². The largest absolute Gasteiger partial charge is 0.493 e. The van der Waals surface area contributed by atoms with E-state index in [-0.39, 0.29) is 0 Å². The Kier molecular flexibility index (Phi) is 4.16. The number of anilines is 1. The monoisotopic (exact) mass is 274 g/mol. The lowest BCUT2D eigenvalue weighted by Crippen LogP contribution is -2.42. The molecule has 110 valence electrons. The molecule has 2 fully saturated rings. The molecule has 1 aliphatic heterocycles. The Labute approximate surface area is 122 Å². The van der Waals surface area contributed by atoms with Gasteiger partial charge in [-0.1, -0.05) is 6.42 Å². The highest BCUT2D eigenvalue weighted by Crippen LogP contribution is 2.30. The van der Waals surface area contributed by atoms with E-state index in [4.69, 9.17) is 10.5 Å². The first kappa shape index (κ1) is 13.7. The van der Waals surface area contributed by atoms with Crippen LogP contribution in [0, 0.1) is 12.8 Å². The average molecular weight is 274 g/mol. The molecular weight excluding hydrogens is 248 g/mol. The fourth-order valence-electron chi connectivity index (χ4n) is 3.10. The fraction of sp³-hybridized carbons (Fsp3) is 0.647. The van der Waals surface area contributed by atoms with Crippen molar-refractivity contribution in [3.8, 4) is 5.75 Å². The molecule has 0 amide bonds. The minimum absolute atomic E-state index is 0.318. The van der Waals surface area contributed by atoms with Crippen LogP contribution in [0.1, 0.15) is 37.7 Å². The molecule has 1 aromatic carbocycles. The highest BCUT2D eigenvalue weighted by atomic mass is 16.5. The van der Waals surface area contributed by atoms with E-state index in [1.54, 1.807) is 0 Å². The van der Waals surface area contributed by atoms with Gasteiger partial charge < -0.3 is 15.4 Å². The van der Waals surface area contributed by atoms with Gasteiger partial charge in [0.25, 0.3) is 0 Å². The standard InChI is InChI=1S/C17H26N2O/c1-13-10-16(19-9-3-6-15(18)11-19)7-8-17(13)20-12-14-4-2-5-14/h7-8,10,14-15H,2-6,9,11-12,18H2,1H3. The molecule has 1 atom stereocenters. The normalized spacial score (nSPS) is 23.5. The van der Waals surface area contributed by atoms with Crippen LogP contribution in [-0.4, -0.2) is 25.7 Å². The van der Waals surface area contributed by atoms with Crippen molar-refractivity contribution < 1.29 is 4.74 Å². The molecule has 3 heteroatoms. The first-order valence-corrected chi connectivity index (χ1v) is 7.96. The number of ether oxygens (including phenoxy) is 1. The molecule has 0 bridgehead atoms. The van der Waals surface area contributed by atoms with E-state index in [0.717, 1.165) is 37.8 Å². The van der Waals surface area contributed by atoms with E-state index < -0.39 is 0 Å². The molecule has 1 saturated heterocycles. The predicted molar refractivity (Wildman–Crippen MR) is 83.4 cm³/mol. The Hall–Kier alpha value is -1.22. The lowest BCUT2D eigenvalue weighted by atomic mass is 9.86. The van der Waals surface area contributed by atoms with Gasteiger partial charge in [0.05, 0.1) is 6.61 Å². The van der Waals surface area contributed by atoms with Gasteiger partial charge in [-0.15, -0.1) is 0 Å². The van der Waals surface area contributed by atoms with Crippen molar-refractivity contribution in [1.29, 1.82) is 0 Å². The van der Waals surface area contributed by atoms with Crippen molar-refractivity contribution in [2.45, 2.75) is 45.1 Å². The van der Waals surface area contributed by atoms with Gasteiger partial charge in [0.2, 0.25) is 0 Å². The fourth-order valence-corrected chi connectivity index (χ4v) is 3.10. The molecule has 1 aromatic rings. The minimum Gasteiger partial charge on any atom is -0.493 e. The van der Waals surface area contributed by atoms with Crippen LogP contribution in [-0.2, 0) is 0 Å². The van der Waals surface area contributed by atoms with Crippen LogP contribution >= 0.6 is 0 Å². The maximum absolute atomic E-state index is 6.07. The quantitative estimate of drug-likeness (QED) is 0.917. The lowest BCUT2D eigenvalue weighted by molar-refractivity contribution is 0.180. The number of hydrogen-bond acceptors (Lipinski definition) is 3. The summed E-state index contributed by atoms with van der Waals surface area (Å²) in [5.41, 5.74) is 8.59. The second-order valence-electron chi connectivity index (χ2n) is 6.41. The smallest absolute Gasteiger partial charge is 0.122 e. The van der Waals surface area contributed by atoms with Crippen molar-refractivity contribution in [2.24, 2.45) is 11.7 Å². The number of hydrogen-bond donors (Lipinski definition) is 1. The molecule has 3 nitrogen and oxygen atoms in total. The summed E-state index contributed by atoms with van der Waals surface area (Å²) in [6.07, 6.45) is 6.39. The Morgan fingerprint density at radius 2 is 2.10 bits per heavy atom. The number of benzene rings is 1. The first-order chi connectivity index (χ1) is 9.72. The van der Waals surface area contributed by atoms with E-state index in [9.17, 15) is 0 Å². The number of aryl methyl sites for hydroxylation is 1. The van der Waals surface area contributed by atoms with Crippen LogP contribution in [0.25, 0.3) is 0 Å². The summed E-state index contributed by atoms with van der Waals surface area (Å²) in [6.45, 7) is 5.12. The van der Waals surface area contributed by atoms with Gasteiger partial charge in [0, 0.05) is 24.8 Å². The Bertz CT molecular complexity index is 456. The molecule has 20 heavy (non-hydrogen) atoms. The van der Waals surface area contributed by atoms with Crippen molar-refractivity contribution in [1.82, 2.24) is 0 Å². The van der Waals surface area contributed by atoms with Gasteiger partial charge in [-0.05, 0) is 62.3 Å². The Balaban J connectivity index is 1.63. The van der Waals surface area contributed by atoms with E-state index in [0.29, 0.717) is 6.04 Å². The summed E-state index contributed by atoms with van der Waals surface area (Å²) < 4.78 is 5.96. The Morgan fingerprint density at radius 3 is 2.75 bits per heavy atom. The number of piperidine rings is 1. The maximum Gasteiger partial charge on any atom is 0.122 e. The zero-order valence-corrected chi connectivity index (χ0v) is 12.5. The second-order valence-corrected chi connectivity index (χ2v) is 6.41. The van der Waals surface area contributed by atoms with Gasteiger partial charge in [0.15, 0.2) is 0 Å². The third-order valence-corrected chi connectivity index (χ3v) is 4.68. The summed E-state index contributed by atoms with van der Waals surface area (Å²) in [7, 11) is 0. The summed E-state index contributed by atoms with van der Waals surface area (Å²) in [5.74, 6) is 1.83. The topological polar surface area (TPSA) is 38.5 Å². The average Bonchev–Trinajstić information content (AvgIpc) is 2.38. The van der Waals surface area contributed by atoms with Gasteiger partial charge in [-0.2, -0.15) is 0 Å². The van der Waals surface area contributed by atoms with Crippen LogP contribution in [0.4, 0.5) is 5.69 Å². The molecule has 3 rings (SSSR count). The van der Waals surface area contributed by atoms with Crippen molar-refractivity contribution >= 4 is 5.69 Å². The molecule has 1 aliphatic carbocycles. The molecule has 2 N–H and O–H groups in total.